The second-order valence-electron chi connectivity index (χ2n) is 7.73. The van der Waals surface area contributed by atoms with E-state index in [0.717, 1.165) is 31.6 Å². The summed E-state index contributed by atoms with van der Waals surface area (Å²) in [6.07, 6.45) is 21.3. The van der Waals surface area contributed by atoms with Gasteiger partial charge in [0.2, 0.25) is 0 Å². The molecule has 0 heterocycles. The number of alkyl halides is 1. The van der Waals surface area contributed by atoms with Gasteiger partial charge in [-0.05, 0) is 43.9 Å². The van der Waals surface area contributed by atoms with E-state index in [-0.39, 0.29) is 5.97 Å². The third-order valence-electron chi connectivity index (χ3n) is 5.39. The van der Waals surface area contributed by atoms with Gasteiger partial charge in [-0.25, -0.2) is 0 Å². The van der Waals surface area contributed by atoms with Crippen molar-refractivity contribution in [2.45, 2.75) is 95.3 Å². The first-order valence-electron chi connectivity index (χ1n) is 10.2. The molecule has 0 N–H and O–H groups in total. The van der Waals surface area contributed by atoms with Gasteiger partial charge in [0.05, 0.1) is 0 Å². The molecule has 0 aromatic heterocycles. The summed E-state index contributed by atoms with van der Waals surface area (Å²) in [4.78, 5) is 11.7. The first-order valence-corrected chi connectivity index (χ1v) is 10.6. The number of esters is 1. The molecule has 0 bridgehead atoms. The fourth-order valence-corrected chi connectivity index (χ4v) is 3.80. The molecule has 0 aromatic carbocycles. The maximum absolute atomic E-state index is 11.7. The Bertz CT molecular complexity index is 368. The maximum atomic E-state index is 11.7. The second kappa shape index (κ2) is 12.0. The van der Waals surface area contributed by atoms with E-state index in [9.17, 15) is 4.79 Å². The third kappa shape index (κ3) is 9.71. The van der Waals surface area contributed by atoms with E-state index in [1.54, 1.807) is 0 Å². The van der Waals surface area contributed by atoms with Gasteiger partial charge in [0.15, 0.2) is 0 Å². The van der Waals surface area contributed by atoms with Crippen molar-refractivity contribution < 1.29 is 9.53 Å². The monoisotopic (exact) mass is 354 g/mol. The number of halogens is 1. The third-order valence-corrected chi connectivity index (χ3v) is 5.83. The van der Waals surface area contributed by atoms with Crippen LogP contribution in [0.25, 0.3) is 0 Å². The molecule has 0 aliphatic heterocycles. The van der Waals surface area contributed by atoms with Gasteiger partial charge in [-0.15, -0.1) is 11.6 Å². The summed E-state index contributed by atoms with van der Waals surface area (Å²) in [5, 5.41) is 0.366. The largest absolute Gasteiger partial charge is 0.461 e. The molecule has 24 heavy (non-hydrogen) atoms. The fourth-order valence-electron chi connectivity index (χ4n) is 3.55. The summed E-state index contributed by atoms with van der Waals surface area (Å²) in [6.45, 7) is 0.431. The van der Waals surface area contributed by atoms with Crippen molar-refractivity contribution in [1.29, 1.82) is 0 Å². The average Bonchev–Trinajstić information content (AvgIpc) is 3.40. The number of hydrogen-bond acceptors (Lipinski definition) is 2. The number of unbranched alkanes of at least 4 members (excludes halogenated alkanes) is 5. The van der Waals surface area contributed by atoms with Crippen LogP contribution in [0, 0.1) is 11.8 Å². The van der Waals surface area contributed by atoms with Gasteiger partial charge < -0.3 is 4.74 Å². The van der Waals surface area contributed by atoms with Crippen molar-refractivity contribution in [2.75, 3.05) is 6.61 Å². The molecule has 0 atom stereocenters. The number of carbonyl (C=O) groups excluding carboxylic acids is 1. The Morgan fingerprint density at radius 2 is 1.58 bits per heavy atom. The van der Waals surface area contributed by atoms with Crippen LogP contribution >= 0.6 is 11.6 Å². The van der Waals surface area contributed by atoms with Crippen molar-refractivity contribution in [1.82, 2.24) is 0 Å². The van der Waals surface area contributed by atoms with Crippen LogP contribution in [-0.4, -0.2) is 18.0 Å². The van der Waals surface area contributed by atoms with E-state index in [0.29, 0.717) is 24.3 Å². The number of ether oxygens (including phenoxy) is 1. The van der Waals surface area contributed by atoms with Crippen LogP contribution < -0.4 is 0 Å². The molecule has 0 radical (unpaired) electrons. The fraction of sp³-hybridized carbons (Fsp3) is 0.857. The van der Waals surface area contributed by atoms with Crippen LogP contribution in [0.15, 0.2) is 12.2 Å². The minimum atomic E-state index is -0.0437. The SMILES string of the molecule is O=C(CCCCCCCCC1CC1)OCC=CC1CCC(Cl)CC1. The van der Waals surface area contributed by atoms with Crippen molar-refractivity contribution in [2.24, 2.45) is 11.8 Å². The molecule has 0 unspecified atom stereocenters. The highest BCUT2D eigenvalue weighted by Crippen LogP contribution is 2.34. The number of rotatable bonds is 12. The molecule has 2 aliphatic carbocycles. The van der Waals surface area contributed by atoms with Gasteiger partial charge in [0.1, 0.15) is 6.61 Å². The quantitative estimate of drug-likeness (QED) is 0.175. The lowest BCUT2D eigenvalue weighted by Gasteiger charge is -2.22. The zero-order valence-corrected chi connectivity index (χ0v) is 15.9. The number of allylic oxidation sites excluding steroid dienone is 1. The molecule has 0 spiro atoms. The maximum Gasteiger partial charge on any atom is 0.306 e. The summed E-state index contributed by atoms with van der Waals surface area (Å²) in [5.74, 6) is 1.65. The lowest BCUT2D eigenvalue weighted by atomic mass is 9.89. The highest BCUT2D eigenvalue weighted by Gasteiger charge is 2.19. The van der Waals surface area contributed by atoms with Gasteiger partial charge in [-0.2, -0.15) is 0 Å². The molecule has 2 aliphatic rings. The van der Waals surface area contributed by atoms with Gasteiger partial charge in [-0.3, -0.25) is 4.79 Å². The Morgan fingerprint density at radius 1 is 0.917 bits per heavy atom. The van der Waals surface area contributed by atoms with Gasteiger partial charge >= 0.3 is 5.97 Å². The van der Waals surface area contributed by atoms with Crippen LogP contribution in [0.3, 0.4) is 0 Å². The summed E-state index contributed by atoms with van der Waals surface area (Å²) >= 11 is 6.10. The topological polar surface area (TPSA) is 26.3 Å². The van der Waals surface area contributed by atoms with Crippen LogP contribution in [0.1, 0.15) is 89.9 Å². The van der Waals surface area contributed by atoms with E-state index < -0.39 is 0 Å². The Hall–Kier alpha value is -0.500. The summed E-state index contributed by atoms with van der Waals surface area (Å²) in [7, 11) is 0. The molecule has 0 amide bonds. The Morgan fingerprint density at radius 3 is 2.29 bits per heavy atom. The normalized spacial score (nSPS) is 24.4. The van der Waals surface area contributed by atoms with E-state index in [4.69, 9.17) is 16.3 Å². The van der Waals surface area contributed by atoms with E-state index in [1.165, 1.54) is 57.8 Å². The zero-order valence-electron chi connectivity index (χ0n) is 15.2. The van der Waals surface area contributed by atoms with Crippen molar-refractivity contribution in [3.8, 4) is 0 Å². The van der Waals surface area contributed by atoms with Gasteiger partial charge in [0.25, 0.3) is 0 Å². The molecular weight excluding hydrogens is 320 g/mol. The summed E-state index contributed by atoms with van der Waals surface area (Å²) in [5.41, 5.74) is 0. The van der Waals surface area contributed by atoms with Gasteiger partial charge in [-0.1, -0.05) is 63.5 Å². The molecule has 2 nitrogen and oxygen atoms in total. The first-order chi connectivity index (χ1) is 11.7. The van der Waals surface area contributed by atoms with Crippen molar-refractivity contribution in [3.63, 3.8) is 0 Å². The smallest absolute Gasteiger partial charge is 0.306 e. The standard InChI is InChI=1S/C21H35ClO2/c22-20-15-13-19(14-16-20)9-7-17-24-21(23)10-6-4-2-1-3-5-8-18-11-12-18/h7,9,18-20H,1-6,8,10-17H2. The van der Waals surface area contributed by atoms with Crippen LogP contribution in [0.2, 0.25) is 0 Å². The molecule has 2 fully saturated rings. The zero-order chi connectivity index (χ0) is 17.0. The second-order valence-corrected chi connectivity index (χ2v) is 8.34. The van der Waals surface area contributed by atoms with E-state index in [2.05, 4.69) is 6.08 Å². The highest BCUT2D eigenvalue weighted by molar-refractivity contribution is 6.20. The van der Waals surface area contributed by atoms with E-state index in [1.807, 2.05) is 6.08 Å². The Balaban J connectivity index is 1.35. The predicted octanol–water partition coefficient (Wildman–Crippen LogP) is 6.41. The van der Waals surface area contributed by atoms with Crippen molar-refractivity contribution >= 4 is 17.6 Å². The lowest BCUT2D eigenvalue weighted by Crippen LogP contribution is -2.12. The lowest BCUT2D eigenvalue weighted by molar-refractivity contribution is -0.142. The molecule has 0 aromatic rings. The molecule has 0 saturated heterocycles. The minimum Gasteiger partial charge on any atom is -0.461 e. The molecule has 2 saturated carbocycles. The minimum absolute atomic E-state index is 0.0437. The highest BCUT2D eigenvalue weighted by atomic mass is 35.5. The average molecular weight is 355 g/mol. The van der Waals surface area contributed by atoms with Crippen LogP contribution in [-0.2, 0) is 9.53 Å². The Kier molecular flexibility index (Phi) is 9.87. The molecular formula is C21H35ClO2. The van der Waals surface area contributed by atoms with Crippen LogP contribution in [0.4, 0.5) is 0 Å². The van der Waals surface area contributed by atoms with Gasteiger partial charge in [0, 0.05) is 11.8 Å². The molecule has 3 heteroatoms. The number of hydrogen-bond donors (Lipinski definition) is 0. The van der Waals surface area contributed by atoms with Crippen molar-refractivity contribution in [3.05, 3.63) is 12.2 Å². The van der Waals surface area contributed by atoms with Crippen LogP contribution in [0.5, 0.6) is 0 Å². The summed E-state index contributed by atoms with van der Waals surface area (Å²) < 4.78 is 5.28. The number of carbonyl (C=O) groups is 1. The summed E-state index contributed by atoms with van der Waals surface area (Å²) in [6, 6.07) is 0. The Labute approximate surface area is 153 Å². The molecule has 2 rings (SSSR count). The molecule has 138 valence electrons. The van der Waals surface area contributed by atoms with E-state index >= 15 is 0 Å². The predicted molar refractivity (Wildman–Crippen MR) is 101 cm³/mol. The first kappa shape index (κ1) is 19.8.